The molecule has 0 saturated carbocycles. The van der Waals surface area contributed by atoms with Crippen molar-refractivity contribution in [3.05, 3.63) is 48.3 Å². The summed E-state index contributed by atoms with van der Waals surface area (Å²) in [7, 11) is 0. The topological polar surface area (TPSA) is 41.1 Å². The van der Waals surface area contributed by atoms with Gasteiger partial charge in [0.2, 0.25) is 5.95 Å². The van der Waals surface area contributed by atoms with Crippen LogP contribution >= 0.6 is 0 Å². The van der Waals surface area contributed by atoms with E-state index in [-0.39, 0.29) is 0 Å². The zero-order chi connectivity index (χ0) is 13.8. The highest BCUT2D eigenvalue weighted by atomic mass is 15.3. The van der Waals surface area contributed by atoms with Gasteiger partial charge in [-0.25, -0.2) is 9.97 Å². The van der Waals surface area contributed by atoms with Crippen LogP contribution in [0.15, 0.2) is 42.6 Å². The summed E-state index contributed by atoms with van der Waals surface area (Å²) >= 11 is 0. The molecule has 4 nitrogen and oxygen atoms in total. The third kappa shape index (κ3) is 3.07. The van der Waals surface area contributed by atoms with Crippen molar-refractivity contribution in [2.24, 2.45) is 0 Å². The zero-order valence-corrected chi connectivity index (χ0v) is 11.8. The number of aryl methyl sites for hydroxylation is 1. The van der Waals surface area contributed by atoms with E-state index < -0.39 is 0 Å². The molecule has 1 unspecified atom stereocenters. The van der Waals surface area contributed by atoms with E-state index in [2.05, 4.69) is 44.5 Å². The van der Waals surface area contributed by atoms with Crippen molar-refractivity contribution < 1.29 is 0 Å². The maximum Gasteiger partial charge on any atom is 0.225 e. The van der Waals surface area contributed by atoms with E-state index in [9.17, 15) is 0 Å². The van der Waals surface area contributed by atoms with Gasteiger partial charge in [-0.2, -0.15) is 0 Å². The Kier molecular flexibility index (Phi) is 3.81. The molecule has 1 aliphatic rings. The Labute approximate surface area is 119 Å². The van der Waals surface area contributed by atoms with Gasteiger partial charge < -0.3 is 10.2 Å². The fraction of sp³-hybridized carbons (Fsp3) is 0.375. The molecule has 1 fully saturated rings. The molecule has 0 radical (unpaired) electrons. The summed E-state index contributed by atoms with van der Waals surface area (Å²) in [6, 6.07) is 12.8. The highest BCUT2D eigenvalue weighted by Gasteiger charge is 2.21. The van der Waals surface area contributed by atoms with Gasteiger partial charge in [0, 0.05) is 36.7 Å². The molecule has 3 rings (SSSR count). The Morgan fingerprint density at radius 3 is 2.85 bits per heavy atom. The van der Waals surface area contributed by atoms with Crippen LogP contribution in [0.2, 0.25) is 0 Å². The normalized spacial score (nSPS) is 18.9. The summed E-state index contributed by atoms with van der Waals surface area (Å²) in [5, 5.41) is 3.60. The van der Waals surface area contributed by atoms with E-state index in [1.54, 1.807) is 0 Å². The van der Waals surface area contributed by atoms with Crippen LogP contribution in [0.4, 0.5) is 11.6 Å². The van der Waals surface area contributed by atoms with Gasteiger partial charge in [0.15, 0.2) is 0 Å². The number of nitrogens with zero attached hydrogens (tertiary/aromatic N) is 3. The summed E-state index contributed by atoms with van der Waals surface area (Å²) in [5.41, 5.74) is 2.21. The number of rotatable bonds is 3. The first-order valence-electron chi connectivity index (χ1n) is 7.17. The predicted octanol–water partition coefficient (Wildman–Crippen LogP) is 2.87. The molecular weight excluding hydrogens is 248 g/mol. The van der Waals surface area contributed by atoms with Gasteiger partial charge in [-0.05, 0) is 38.0 Å². The standard InChI is InChI=1S/C16H20N4/c1-13-9-10-17-16(18-13)20-11-5-8-15(12-20)19-14-6-3-2-4-7-14/h2-4,6-7,9-10,15,19H,5,8,11-12H2,1H3. The first kappa shape index (κ1) is 12.9. The van der Waals surface area contributed by atoms with E-state index >= 15 is 0 Å². The molecule has 1 aromatic carbocycles. The largest absolute Gasteiger partial charge is 0.381 e. The van der Waals surface area contributed by atoms with Crippen LogP contribution in [0.5, 0.6) is 0 Å². The molecule has 0 amide bonds. The first-order valence-corrected chi connectivity index (χ1v) is 7.17. The lowest BCUT2D eigenvalue weighted by molar-refractivity contribution is 0.522. The summed E-state index contributed by atoms with van der Waals surface area (Å²) in [4.78, 5) is 11.2. The van der Waals surface area contributed by atoms with Crippen LogP contribution in [0, 0.1) is 6.92 Å². The van der Waals surface area contributed by atoms with Crippen molar-refractivity contribution in [1.82, 2.24) is 9.97 Å². The molecule has 20 heavy (non-hydrogen) atoms. The monoisotopic (exact) mass is 268 g/mol. The Bertz CT molecular complexity index is 555. The molecule has 0 spiro atoms. The number of hydrogen-bond donors (Lipinski definition) is 1. The summed E-state index contributed by atoms with van der Waals surface area (Å²) in [6.45, 7) is 4.00. The molecule has 1 aliphatic heterocycles. The minimum Gasteiger partial charge on any atom is -0.381 e. The number of hydrogen-bond acceptors (Lipinski definition) is 4. The Hall–Kier alpha value is -2.10. The van der Waals surface area contributed by atoms with Crippen molar-refractivity contribution in [2.45, 2.75) is 25.8 Å². The van der Waals surface area contributed by atoms with Crippen LogP contribution < -0.4 is 10.2 Å². The van der Waals surface area contributed by atoms with Crippen molar-refractivity contribution >= 4 is 11.6 Å². The maximum absolute atomic E-state index is 4.53. The van der Waals surface area contributed by atoms with Crippen molar-refractivity contribution in [3.8, 4) is 0 Å². The lowest BCUT2D eigenvalue weighted by atomic mass is 10.1. The first-order chi connectivity index (χ1) is 9.81. The molecule has 104 valence electrons. The summed E-state index contributed by atoms with van der Waals surface area (Å²) in [5.74, 6) is 0.851. The molecule has 4 heteroatoms. The second-order valence-corrected chi connectivity index (χ2v) is 5.29. The Morgan fingerprint density at radius 1 is 1.20 bits per heavy atom. The SMILES string of the molecule is Cc1ccnc(N2CCCC(Nc3ccccc3)C2)n1. The van der Waals surface area contributed by atoms with E-state index in [0.29, 0.717) is 6.04 Å². The third-order valence-corrected chi connectivity index (χ3v) is 3.63. The minimum absolute atomic E-state index is 0.454. The van der Waals surface area contributed by atoms with Crippen molar-refractivity contribution in [2.75, 3.05) is 23.3 Å². The van der Waals surface area contributed by atoms with Crippen LogP contribution in [-0.2, 0) is 0 Å². The van der Waals surface area contributed by atoms with Gasteiger partial charge >= 0.3 is 0 Å². The smallest absolute Gasteiger partial charge is 0.225 e. The van der Waals surface area contributed by atoms with Crippen molar-refractivity contribution in [1.29, 1.82) is 0 Å². The zero-order valence-electron chi connectivity index (χ0n) is 11.8. The highest BCUT2D eigenvalue weighted by molar-refractivity contribution is 5.44. The third-order valence-electron chi connectivity index (χ3n) is 3.63. The molecular formula is C16H20N4. The number of aromatic nitrogens is 2. The lowest BCUT2D eigenvalue weighted by Crippen LogP contribution is -2.43. The minimum atomic E-state index is 0.454. The molecule has 1 atom stereocenters. The summed E-state index contributed by atoms with van der Waals surface area (Å²) < 4.78 is 0. The molecule has 1 saturated heterocycles. The van der Waals surface area contributed by atoms with E-state index in [1.165, 1.54) is 18.5 Å². The number of piperidine rings is 1. The average molecular weight is 268 g/mol. The Morgan fingerprint density at radius 2 is 2.05 bits per heavy atom. The second kappa shape index (κ2) is 5.90. The number of anilines is 2. The average Bonchev–Trinajstić information content (AvgIpc) is 2.49. The van der Waals surface area contributed by atoms with E-state index in [0.717, 1.165) is 24.7 Å². The summed E-state index contributed by atoms with van der Waals surface area (Å²) in [6.07, 6.45) is 4.20. The van der Waals surface area contributed by atoms with Crippen LogP contribution in [-0.4, -0.2) is 29.1 Å². The van der Waals surface area contributed by atoms with Crippen molar-refractivity contribution in [3.63, 3.8) is 0 Å². The maximum atomic E-state index is 4.53. The van der Waals surface area contributed by atoms with Gasteiger partial charge in [0.25, 0.3) is 0 Å². The molecule has 0 aliphatic carbocycles. The quantitative estimate of drug-likeness (QED) is 0.929. The van der Waals surface area contributed by atoms with Gasteiger partial charge in [0.05, 0.1) is 0 Å². The number of benzene rings is 1. The highest BCUT2D eigenvalue weighted by Crippen LogP contribution is 2.19. The van der Waals surface area contributed by atoms with Gasteiger partial charge in [0.1, 0.15) is 0 Å². The number of nitrogens with one attached hydrogen (secondary N) is 1. The van der Waals surface area contributed by atoms with E-state index in [4.69, 9.17) is 0 Å². The molecule has 1 N–H and O–H groups in total. The van der Waals surface area contributed by atoms with Gasteiger partial charge in [-0.3, -0.25) is 0 Å². The predicted molar refractivity (Wildman–Crippen MR) is 82.1 cm³/mol. The van der Waals surface area contributed by atoms with Crippen LogP contribution in [0.1, 0.15) is 18.5 Å². The van der Waals surface area contributed by atoms with Crippen LogP contribution in [0.3, 0.4) is 0 Å². The second-order valence-electron chi connectivity index (χ2n) is 5.29. The number of para-hydroxylation sites is 1. The van der Waals surface area contributed by atoms with Gasteiger partial charge in [-0.15, -0.1) is 0 Å². The molecule has 2 aromatic rings. The van der Waals surface area contributed by atoms with Gasteiger partial charge in [-0.1, -0.05) is 18.2 Å². The molecule has 1 aromatic heterocycles. The fourth-order valence-electron chi connectivity index (χ4n) is 2.63. The molecule has 0 bridgehead atoms. The fourth-order valence-corrected chi connectivity index (χ4v) is 2.63. The Balaban J connectivity index is 1.67. The lowest BCUT2D eigenvalue weighted by Gasteiger charge is -2.33. The van der Waals surface area contributed by atoms with Crippen LogP contribution in [0.25, 0.3) is 0 Å². The van der Waals surface area contributed by atoms with E-state index in [1.807, 2.05) is 25.3 Å². The molecule has 2 heterocycles.